The maximum Gasteiger partial charge on any atom is 0.327 e. The van der Waals surface area contributed by atoms with E-state index in [9.17, 15) is 4.79 Å². The van der Waals surface area contributed by atoms with Crippen molar-refractivity contribution in [2.45, 2.75) is 38.6 Å². The van der Waals surface area contributed by atoms with Crippen LogP contribution in [0.25, 0.3) is 0 Å². The number of methoxy groups -OCH3 is 1. The van der Waals surface area contributed by atoms with Gasteiger partial charge < -0.3 is 19.7 Å². The molecule has 0 amide bonds. The summed E-state index contributed by atoms with van der Waals surface area (Å²) in [6.07, 6.45) is 3.62. The molecule has 1 aliphatic carbocycles. The number of hydrogen-bond acceptors (Lipinski definition) is 5. The topological polar surface area (TPSA) is 50.8 Å². The van der Waals surface area contributed by atoms with Crippen LogP contribution in [0.2, 0.25) is 0 Å². The minimum atomic E-state index is -0.657. The first-order chi connectivity index (χ1) is 9.51. The Morgan fingerprint density at radius 1 is 1.45 bits per heavy atom. The van der Waals surface area contributed by atoms with Crippen LogP contribution in [0.15, 0.2) is 0 Å². The molecule has 0 aromatic heterocycles. The highest BCUT2D eigenvalue weighted by Gasteiger charge is 2.34. The molecule has 0 aliphatic heterocycles. The lowest BCUT2D eigenvalue weighted by Crippen LogP contribution is -2.57. The summed E-state index contributed by atoms with van der Waals surface area (Å²) in [6.45, 7) is 7.83. The monoisotopic (exact) mass is 286 g/mol. The molecule has 1 rings (SSSR count). The molecular weight excluding hydrogens is 256 g/mol. The number of rotatable bonds is 11. The van der Waals surface area contributed by atoms with Crippen LogP contribution in [0.5, 0.6) is 0 Å². The van der Waals surface area contributed by atoms with Crippen molar-refractivity contribution < 1.29 is 14.3 Å². The van der Waals surface area contributed by atoms with Crippen LogP contribution in [0.1, 0.15) is 33.1 Å². The van der Waals surface area contributed by atoms with Gasteiger partial charge in [-0.1, -0.05) is 6.92 Å². The molecule has 0 heterocycles. The number of nitrogens with zero attached hydrogens (tertiary/aromatic N) is 1. The molecule has 0 bridgehead atoms. The standard InChI is InChI=1S/C15H30N2O3/c1-5-8-16-15(2,14(18)19-4)12-17(3)9-10-20-11-13-6-7-13/h13,16H,5-12H2,1-4H3. The van der Waals surface area contributed by atoms with Gasteiger partial charge in [-0.05, 0) is 45.7 Å². The van der Waals surface area contributed by atoms with Gasteiger partial charge in [-0.2, -0.15) is 0 Å². The highest BCUT2D eigenvalue weighted by molar-refractivity contribution is 5.80. The molecule has 5 heteroatoms. The molecule has 0 aromatic rings. The van der Waals surface area contributed by atoms with E-state index < -0.39 is 5.54 Å². The first kappa shape index (κ1) is 17.4. The Morgan fingerprint density at radius 3 is 2.70 bits per heavy atom. The van der Waals surface area contributed by atoms with Crippen LogP contribution in [0.3, 0.4) is 0 Å². The minimum absolute atomic E-state index is 0.211. The Bertz CT molecular complexity index is 295. The largest absolute Gasteiger partial charge is 0.468 e. The van der Waals surface area contributed by atoms with Crippen LogP contribution in [0.4, 0.5) is 0 Å². The highest BCUT2D eigenvalue weighted by Crippen LogP contribution is 2.28. The Kier molecular flexibility index (Phi) is 7.48. The zero-order chi connectivity index (χ0) is 15.0. The van der Waals surface area contributed by atoms with E-state index in [0.717, 1.165) is 38.6 Å². The molecule has 1 aliphatic rings. The highest BCUT2D eigenvalue weighted by atomic mass is 16.5. The molecule has 5 nitrogen and oxygen atoms in total. The van der Waals surface area contributed by atoms with Gasteiger partial charge in [0.1, 0.15) is 5.54 Å². The second kappa shape index (κ2) is 8.60. The van der Waals surface area contributed by atoms with E-state index in [1.54, 1.807) is 0 Å². The van der Waals surface area contributed by atoms with Crippen molar-refractivity contribution in [1.82, 2.24) is 10.2 Å². The van der Waals surface area contributed by atoms with E-state index in [1.165, 1.54) is 20.0 Å². The molecule has 1 atom stereocenters. The SMILES string of the molecule is CCCNC(C)(CN(C)CCOCC1CC1)C(=O)OC. The maximum absolute atomic E-state index is 12.0. The fourth-order valence-corrected chi connectivity index (χ4v) is 2.19. The first-order valence-corrected chi connectivity index (χ1v) is 7.61. The average molecular weight is 286 g/mol. The van der Waals surface area contributed by atoms with Crippen molar-refractivity contribution in [2.75, 3.05) is 47.0 Å². The zero-order valence-corrected chi connectivity index (χ0v) is 13.4. The lowest BCUT2D eigenvalue weighted by Gasteiger charge is -2.32. The molecule has 0 saturated heterocycles. The summed E-state index contributed by atoms with van der Waals surface area (Å²) in [4.78, 5) is 14.1. The van der Waals surface area contributed by atoms with Crippen molar-refractivity contribution in [3.05, 3.63) is 0 Å². The number of esters is 1. The van der Waals surface area contributed by atoms with Crippen LogP contribution in [-0.4, -0.2) is 63.4 Å². The lowest BCUT2D eigenvalue weighted by molar-refractivity contribution is -0.148. The summed E-state index contributed by atoms with van der Waals surface area (Å²) < 4.78 is 10.6. The van der Waals surface area contributed by atoms with Crippen molar-refractivity contribution in [3.63, 3.8) is 0 Å². The Labute approximate surface area is 123 Å². The van der Waals surface area contributed by atoms with Gasteiger partial charge in [-0.3, -0.25) is 4.79 Å². The maximum atomic E-state index is 12.0. The Morgan fingerprint density at radius 2 is 2.15 bits per heavy atom. The van der Waals surface area contributed by atoms with Gasteiger partial charge in [0.15, 0.2) is 0 Å². The fraction of sp³-hybridized carbons (Fsp3) is 0.933. The van der Waals surface area contributed by atoms with Crippen LogP contribution >= 0.6 is 0 Å². The number of hydrogen-bond donors (Lipinski definition) is 1. The number of likely N-dealkylation sites (N-methyl/N-ethyl adjacent to an activating group) is 1. The molecule has 0 aromatic carbocycles. The van der Waals surface area contributed by atoms with Crippen molar-refractivity contribution in [1.29, 1.82) is 0 Å². The van der Waals surface area contributed by atoms with E-state index in [4.69, 9.17) is 9.47 Å². The third-order valence-electron chi connectivity index (χ3n) is 3.66. The molecule has 118 valence electrons. The van der Waals surface area contributed by atoms with Crippen molar-refractivity contribution in [2.24, 2.45) is 5.92 Å². The van der Waals surface area contributed by atoms with Crippen LogP contribution in [-0.2, 0) is 14.3 Å². The molecule has 1 fully saturated rings. The van der Waals surface area contributed by atoms with E-state index >= 15 is 0 Å². The van der Waals surface area contributed by atoms with Gasteiger partial charge in [-0.25, -0.2) is 0 Å². The Balaban J connectivity index is 2.31. The van der Waals surface area contributed by atoms with E-state index in [1.807, 2.05) is 14.0 Å². The second-order valence-corrected chi connectivity index (χ2v) is 6.01. The normalized spacial score (nSPS) is 18.1. The predicted octanol–water partition coefficient (Wildman–Crippen LogP) is 1.28. The smallest absolute Gasteiger partial charge is 0.327 e. The average Bonchev–Trinajstić information content (AvgIpc) is 3.24. The number of carbonyl (C=O) groups is 1. The molecule has 1 N–H and O–H groups in total. The molecular formula is C15H30N2O3. The quantitative estimate of drug-likeness (QED) is 0.458. The van der Waals surface area contributed by atoms with Crippen LogP contribution in [0, 0.1) is 5.92 Å². The number of ether oxygens (including phenoxy) is 2. The summed E-state index contributed by atoms with van der Waals surface area (Å²) in [5.74, 6) is 0.587. The summed E-state index contributed by atoms with van der Waals surface area (Å²) in [5, 5.41) is 3.29. The van der Waals surface area contributed by atoms with E-state index in [2.05, 4.69) is 17.1 Å². The molecule has 0 spiro atoms. The van der Waals surface area contributed by atoms with Gasteiger partial charge in [0.2, 0.25) is 0 Å². The Hall–Kier alpha value is -0.650. The van der Waals surface area contributed by atoms with Gasteiger partial charge >= 0.3 is 5.97 Å². The summed E-state index contributed by atoms with van der Waals surface area (Å²) in [5.41, 5.74) is -0.657. The second-order valence-electron chi connectivity index (χ2n) is 6.01. The predicted molar refractivity (Wildman–Crippen MR) is 79.8 cm³/mol. The zero-order valence-electron chi connectivity index (χ0n) is 13.4. The number of carbonyl (C=O) groups excluding carboxylic acids is 1. The summed E-state index contributed by atoms with van der Waals surface area (Å²) in [7, 11) is 3.45. The molecule has 0 radical (unpaired) electrons. The van der Waals surface area contributed by atoms with Crippen molar-refractivity contribution >= 4 is 5.97 Å². The van der Waals surface area contributed by atoms with Crippen LogP contribution < -0.4 is 5.32 Å². The fourth-order valence-electron chi connectivity index (χ4n) is 2.19. The first-order valence-electron chi connectivity index (χ1n) is 7.61. The minimum Gasteiger partial charge on any atom is -0.468 e. The van der Waals surface area contributed by atoms with Gasteiger partial charge in [0.05, 0.1) is 13.7 Å². The third kappa shape index (κ3) is 6.20. The molecule has 1 saturated carbocycles. The summed E-state index contributed by atoms with van der Waals surface area (Å²) >= 11 is 0. The molecule has 1 unspecified atom stereocenters. The van der Waals surface area contributed by atoms with E-state index in [-0.39, 0.29) is 5.97 Å². The summed E-state index contributed by atoms with van der Waals surface area (Å²) in [6, 6.07) is 0. The van der Waals surface area contributed by atoms with Gasteiger partial charge in [-0.15, -0.1) is 0 Å². The van der Waals surface area contributed by atoms with Crippen molar-refractivity contribution in [3.8, 4) is 0 Å². The lowest BCUT2D eigenvalue weighted by atomic mass is 10.0. The van der Waals surface area contributed by atoms with Gasteiger partial charge in [0.25, 0.3) is 0 Å². The number of nitrogens with one attached hydrogen (secondary N) is 1. The molecule has 20 heavy (non-hydrogen) atoms. The van der Waals surface area contributed by atoms with Gasteiger partial charge in [0, 0.05) is 19.7 Å². The van der Waals surface area contributed by atoms with E-state index in [0.29, 0.717) is 6.54 Å². The third-order valence-corrected chi connectivity index (χ3v) is 3.66.